The van der Waals surface area contributed by atoms with Crippen molar-refractivity contribution in [1.29, 1.82) is 5.26 Å². The third-order valence-electron chi connectivity index (χ3n) is 3.76. The molecule has 1 atom stereocenters. The fourth-order valence-electron chi connectivity index (χ4n) is 2.92. The van der Waals surface area contributed by atoms with Gasteiger partial charge in [-0.3, -0.25) is 5.32 Å². The first-order valence-electron chi connectivity index (χ1n) is 7.02. The van der Waals surface area contributed by atoms with E-state index < -0.39 is 5.54 Å². The Morgan fingerprint density at radius 2 is 2.10 bits per heavy atom. The van der Waals surface area contributed by atoms with E-state index in [2.05, 4.69) is 22.8 Å². The topological polar surface area (TPSA) is 45.0 Å². The second-order valence-corrected chi connectivity index (χ2v) is 7.02. The lowest BCUT2D eigenvalue weighted by molar-refractivity contribution is 0.0487. The van der Waals surface area contributed by atoms with Gasteiger partial charge >= 0.3 is 0 Å². The van der Waals surface area contributed by atoms with Gasteiger partial charge in [-0.05, 0) is 31.4 Å². The molecule has 1 unspecified atom stereocenters. The summed E-state index contributed by atoms with van der Waals surface area (Å²) in [5.41, 5.74) is -0.141. The van der Waals surface area contributed by atoms with Gasteiger partial charge in [-0.1, -0.05) is 24.3 Å². The number of fused-ring (bicyclic) bond motifs is 1. The summed E-state index contributed by atoms with van der Waals surface area (Å²) in [4.78, 5) is 1.23. The van der Waals surface area contributed by atoms with Crippen molar-refractivity contribution in [2.24, 2.45) is 0 Å². The van der Waals surface area contributed by atoms with E-state index in [1.165, 1.54) is 4.88 Å². The summed E-state index contributed by atoms with van der Waals surface area (Å²) in [6.45, 7) is 4.75. The predicted molar refractivity (Wildman–Crippen MR) is 84.2 cm³/mol. The summed E-state index contributed by atoms with van der Waals surface area (Å²) in [5.74, 6) is 0.800. The van der Waals surface area contributed by atoms with Gasteiger partial charge in [0.1, 0.15) is 16.9 Å². The number of para-hydroxylation sites is 1. The maximum atomic E-state index is 9.88. The van der Waals surface area contributed by atoms with Crippen LogP contribution in [0.3, 0.4) is 0 Å². The highest BCUT2D eigenvalue weighted by atomic mass is 32.1. The van der Waals surface area contributed by atoms with E-state index in [9.17, 15) is 5.26 Å². The zero-order valence-corrected chi connectivity index (χ0v) is 13.0. The molecular formula is C17H18N2OS. The van der Waals surface area contributed by atoms with Gasteiger partial charge in [0.2, 0.25) is 0 Å². The number of benzene rings is 1. The molecule has 0 spiro atoms. The van der Waals surface area contributed by atoms with Crippen LogP contribution in [0.25, 0.3) is 0 Å². The van der Waals surface area contributed by atoms with Gasteiger partial charge in [0.25, 0.3) is 0 Å². The van der Waals surface area contributed by atoms with Crippen molar-refractivity contribution < 1.29 is 4.74 Å². The predicted octanol–water partition coefficient (Wildman–Crippen LogP) is 3.82. The molecule has 0 radical (unpaired) electrons. The van der Waals surface area contributed by atoms with Gasteiger partial charge in [0, 0.05) is 23.4 Å². The van der Waals surface area contributed by atoms with Crippen molar-refractivity contribution in [2.75, 3.05) is 0 Å². The summed E-state index contributed by atoms with van der Waals surface area (Å²) in [6, 6.07) is 14.4. The zero-order valence-electron chi connectivity index (χ0n) is 12.2. The number of hydrogen-bond acceptors (Lipinski definition) is 4. The van der Waals surface area contributed by atoms with Crippen LogP contribution in [0.1, 0.15) is 30.7 Å². The van der Waals surface area contributed by atoms with Gasteiger partial charge in [-0.2, -0.15) is 5.26 Å². The molecule has 1 aliphatic rings. The molecule has 0 aliphatic carbocycles. The van der Waals surface area contributed by atoms with Gasteiger partial charge in [0.05, 0.1) is 6.07 Å². The molecule has 2 aromatic rings. The van der Waals surface area contributed by atoms with Crippen LogP contribution in [-0.4, -0.2) is 5.60 Å². The molecule has 0 saturated heterocycles. The lowest BCUT2D eigenvalue weighted by Gasteiger charge is -2.42. The number of nitrogens with one attached hydrogen (secondary N) is 1. The number of rotatable bonds is 3. The summed E-state index contributed by atoms with van der Waals surface area (Å²) in [6.07, 6.45) is 0.624. The standard InChI is InChI=1S/C17H18N2OS/c1-16(2)11-17(12-18,19-10-13-6-5-9-21-13)14-7-3-4-8-15(14)20-16/h3-9,19H,10-11H2,1-2H3. The van der Waals surface area contributed by atoms with Crippen LogP contribution in [0.5, 0.6) is 5.75 Å². The fraction of sp³-hybridized carbons (Fsp3) is 0.353. The number of thiophene rings is 1. The number of nitriles is 1. The average molecular weight is 298 g/mol. The van der Waals surface area contributed by atoms with Gasteiger partial charge < -0.3 is 4.74 Å². The van der Waals surface area contributed by atoms with Crippen LogP contribution < -0.4 is 10.1 Å². The van der Waals surface area contributed by atoms with E-state index in [-0.39, 0.29) is 5.60 Å². The molecule has 3 nitrogen and oxygen atoms in total. The summed E-state index contributed by atoms with van der Waals surface area (Å²) in [5, 5.41) is 15.4. The lowest BCUT2D eigenvalue weighted by atomic mass is 9.78. The SMILES string of the molecule is CC1(C)CC(C#N)(NCc2cccs2)c2ccccc2O1. The molecule has 1 aromatic heterocycles. The maximum Gasteiger partial charge on any atom is 0.139 e. The van der Waals surface area contributed by atoms with Crippen LogP contribution in [0, 0.1) is 11.3 Å². The Kier molecular flexibility index (Phi) is 3.48. The monoisotopic (exact) mass is 298 g/mol. The summed E-state index contributed by atoms with van der Waals surface area (Å²) in [7, 11) is 0. The number of nitrogens with zero attached hydrogens (tertiary/aromatic N) is 1. The van der Waals surface area contributed by atoms with Crippen LogP contribution in [0.2, 0.25) is 0 Å². The Hall–Kier alpha value is -1.83. The molecule has 0 bridgehead atoms. The molecule has 0 saturated carbocycles. The first kappa shape index (κ1) is 14.1. The van der Waals surface area contributed by atoms with E-state index in [0.29, 0.717) is 13.0 Å². The van der Waals surface area contributed by atoms with Crippen molar-refractivity contribution in [3.05, 3.63) is 52.2 Å². The Balaban J connectivity index is 1.98. The minimum Gasteiger partial charge on any atom is -0.487 e. The summed E-state index contributed by atoms with van der Waals surface area (Å²) < 4.78 is 6.02. The first-order valence-corrected chi connectivity index (χ1v) is 7.90. The Morgan fingerprint density at radius 1 is 1.29 bits per heavy atom. The summed E-state index contributed by atoms with van der Waals surface area (Å²) >= 11 is 1.70. The highest BCUT2D eigenvalue weighted by Gasteiger charge is 2.45. The number of ether oxygens (including phenoxy) is 1. The molecule has 3 rings (SSSR count). The molecule has 0 fully saturated rings. The zero-order chi connectivity index (χ0) is 14.9. The van der Waals surface area contributed by atoms with Gasteiger partial charge in [-0.15, -0.1) is 11.3 Å². The normalized spacial score (nSPS) is 22.9. The third-order valence-corrected chi connectivity index (χ3v) is 4.64. The minimum atomic E-state index is -0.706. The second-order valence-electron chi connectivity index (χ2n) is 5.98. The van der Waals surface area contributed by atoms with E-state index >= 15 is 0 Å². The van der Waals surface area contributed by atoms with Crippen molar-refractivity contribution in [3.63, 3.8) is 0 Å². The quantitative estimate of drug-likeness (QED) is 0.937. The van der Waals surface area contributed by atoms with Gasteiger partial charge in [-0.25, -0.2) is 0 Å². The molecule has 4 heteroatoms. The molecule has 21 heavy (non-hydrogen) atoms. The van der Waals surface area contributed by atoms with Crippen molar-refractivity contribution in [1.82, 2.24) is 5.32 Å². The first-order chi connectivity index (χ1) is 10.0. The van der Waals surface area contributed by atoms with Crippen LogP contribution in [0.15, 0.2) is 41.8 Å². The Bertz CT molecular complexity index is 672. The van der Waals surface area contributed by atoms with Crippen molar-refractivity contribution in [3.8, 4) is 11.8 Å². The molecule has 1 aliphatic heterocycles. The molecule has 2 heterocycles. The molecule has 0 amide bonds. The fourth-order valence-corrected chi connectivity index (χ4v) is 3.57. The number of hydrogen-bond donors (Lipinski definition) is 1. The molecular weight excluding hydrogens is 280 g/mol. The average Bonchev–Trinajstić information content (AvgIpc) is 2.97. The molecule has 108 valence electrons. The Morgan fingerprint density at radius 3 is 2.81 bits per heavy atom. The second kappa shape index (κ2) is 5.18. The largest absolute Gasteiger partial charge is 0.487 e. The lowest BCUT2D eigenvalue weighted by Crippen LogP contribution is -2.51. The van der Waals surface area contributed by atoms with Crippen molar-refractivity contribution >= 4 is 11.3 Å². The van der Waals surface area contributed by atoms with E-state index in [1.54, 1.807) is 11.3 Å². The highest BCUT2D eigenvalue weighted by Crippen LogP contribution is 2.43. The molecule has 1 aromatic carbocycles. The van der Waals surface area contributed by atoms with E-state index in [1.807, 2.05) is 44.2 Å². The van der Waals surface area contributed by atoms with Crippen molar-refractivity contribution in [2.45, 2.75) is 38.0 Å². The van der Waals surface area contributed by atoms with E-state index in [4.69, 9.17) is 4.74 Å². The van der Waals surface area contributed by atoms with Crippen LogP contribution >= 0.6 is 11.3 Å². The van der Waals surface area contributed by atoms with Gasteiger partial charge in [0.15, 0.2) is 0 Å². The van der Waals surface area contributed by atoms with Crippen LogP contribution in [0.4, 0.5) is 0 Å². The Labute approximate surface area is 129 Å². The van der Waals surface area contributed by atoms with E-state index in [0.717, 1.165) is 11.3 Å². The smallest absolute Gasteiger partial charge is 0.139 e. The molecule has 1 N–H and O–H groups in total. The highest BCUT2D eigenvalue weighted by molar-refractivity contribution is 7.09. The minimum absolute atomic E-state index is 0.369. The third kappa shape index (κ3) is 2.67. The van der Waals surface area contributed by atoms with Crippen LogP contribution in [-0.2, 0) is 12.1 Å². The maximum absolute atomic E-state index is 9.88.